The van der Waals surface area contributed by atoms with Gasteiger partial charge in [0.1, 0.15) is 141 Å². The number of nitrogens with zero attached hydrogens (tertiary/aromatic N) is 13. The van der Waals surface area contributed by atoms with Crippen molar-refractivity contribution in [3.05, 3.63) is 145 Å². The number of H-pyrrole nitrogens is 3. The zero-order valence-corrected chi connectivity index (χ0v) is 82.8. The lowest BCUT2D eigenvalue weighted by molar-refractivity contribution is -0.238. The molecule has 139 heavy (non-hydrogen) atoms. The van der Waals surface area contributed by atoms with Crippen LogP contribution in [0.1, 0.15) is 85.8 Å². The Hall–Kier alpha value is -6.98. The lowest BCUT2D eigenvalue weighted by Gasteiger charge is -2.37. The van der Waals surface area contributed by atoms with E-state index in [1.807, 2.05) is 0 Å². The molecular formula is C73H99N19O38P5S4-5. The number of imidazole rings is 2. The molecule has 0 aliphatic carbocycles. The summed E-state index contributed by atoms with van der Waals surface area (Å²) in [6.07, 6.45) is -25.4. The Morgan fingerprint density at radius 1 is 0.432 bits per heavy atom. The third-order valence-electron chi connectivity index (χ3n) is 22.7. The number of aliphatic hydroxyl groups is 1. The normalized spacial score (nSPS) is 29.4. The van der Waals surface area contributed by atoms with E-state index in [4.69, 9.17) is 176 Å². The molecular weight excluding hydrogens is 2030 g/mol. The molecule has 57 nitrogen and oxygen atoms in total. The third-order valence-corrected chi connectivity index (χ3v) is 29.9. The van der Waals surface area contributed by atoms with Crippen LogP contribution < -0.4 is 76.2 Å². The second kappa shape index (κ2) is 46.2. The Labute approximate surface area is 806 Å². The molecule has 66 heteroatoms. The first kappa shape index (κ1) is 108. The highest BCUT2D eigenvalue weighted by atomic mass is 32.7. The lowest BCUT2D eigenvalue weighted by atomic mass is 10.1. The zero-order valence-electron chi connectivity index (χ0n) is 75.1. The maximum atomic E-state index is 15.6. The minimum Gasteiger partial charge on any atom is -0.780 e. The van der Waals surface area contributed by atoms with Gasteiger partial charge >= 0.3 is 22.8 Å². The Kier molecular flexibility index (Phi) is 35.8. The first-order valence-corrected chi connectivity index (χ1v) is 54.1. The third kappa shape index (κ3) is 25.6. The van der Waals surface area contributed by atoms with E-state index in [2.05, 4.69) is 49.8 Å². The molecule has 6 aliphatic rings. The lowest BCUT2D eigenvalue weighted by Crippen LogP contribution is -2.42. The van der Waals surface area contributed by atoms with Crippen molar-refractivity contribution in [2.75, 3.05) is 132 Å². The molecule has 0 bridgehead atoms. The van der Waals surface area contributed by atoms with Gasteiger partial charge in [-0.2, -0.15) is 4.98 Å². The van der Waals surface area contributed by atoms with E-state index in [-0.39, 0.29) is 116 Å². The van der Waals surface area contributed by atoms with Crippen LogP contribution in [0.2, 0.25) is 0 Å². The fourth-order valence-electron chi connectivity index (χ4n) is 15.9. The SMILES string of the molecule is CC[C@H]1O[C@@H](n2cc(C)c(=O)[nH]c2=O)C[C@H]1OP([O-])(=S)OC[C@H]1O[C@@H](n2cc(C)c(=O)[nH]c2=O)C[C@H]1OP(=O)([S-])OC[C@H]1O[C@@H](n2cc(C)c(=O)[nH]c2=O)C(OCCOC)[C@H]1OP(=O)([O-])OC[C@H]1O[C@@H](n2cnc3c(N)ncnc32)C(OCCOC)[C@H]1OP([O-])(=S)OC[C@H]1O[C@@H](n2cnc3c(N)ncnc32)C(OCCOC)[C@H]1OP([O-])(=S)OC[C@H]1O[C@@H](n2cc(C)c(N)nc2=O)C(OCCOC)[C@H]1O. The summed E-state index contributed by atoms with van der Waals surface area (Å²) in [5, 5.41) is 11.8. The van der Waals surface area contributed by atoms with E-state index < -0.39 is 255 Å². The van der Waals surface area contributed by atoms with Crippen molar-refractivity contribution in [1.29, 1.82) is 0 Å². The zero-order chi connectivity index (χ0) is 100. The molecule has 6 aliphatic heterocycles. The number of aromatic amines is 3. The first-order valence-electron chi connectivity index (χ1n) is 42.4. The molecule has 0 amide bonds. The Bertz CT molecular complexity index is 6380. The maximum Gasteiger partial charge on any atom is 0.351 e. The molecule has 6 fully saturated rings. The highest BCUT2D eigenvalue weighted by Crippen LogP contribution is 2.56. The Morgan fingerprint density at radius 3 is 1.26 bits per heavy atom. The maximum absolute atomic E-state index is 15.6. The summed E-state index contributed by atoms with van der Waals surface area (Å²) in [4.78, 5) is 187. The quantitative estimate of drug-likeness (QED) is 0.0111. The van der Waals surface area contributed by atoms with Crippen molar-refractivity contribution in [2.24, 2.45) is 0 Å². The minimum absolute atomic E-state index is 0.0157. The summed E-state index contributed by atoms with van der Waals surface area (Å²) in [6, 6.07) is 0. The van der Waals surface area contributed by atoms with Crippen LogP contribution in [0.3, 0.4) is 0 Å². The highest BCUT2D eigenvalue weighted by Gasteiger charge is 2.56. The van der Waals surface area contributed by atoms with Gasteiger partial charge in [-0.1, -0.05) is 42.3 Å². The van der Waals surface area contributed by atoms with Crippen molar-refractivity contribution in [3.63, 3.8) is 0 Å². The van der Waals surface area contributed by atoms with Gasteiger partial charge in [-0.3, -0.25) is 65.9 Å². The topological polar surface area (TPSA) is 733 Å². The second-order valence-electron chi connectivity index (χ2n) is 32.0. The summed E-state index contributed by atoms with van der Waals surface area (Å²) in [5.41, 5.74) is 13.0. The number of nitrogens with two attached hydrogens (primary N) is 3. The van der Waals surface area contributed by atoms with E-state index >= 15 is 19.2 Å². The number of methoxy groups -OCH3 is 4. The predicted molar refractivity (Wildman–Crippen MR) is 480 cm³/mol. The first-order chi connectivity index (χ1) is 66.0. The van der Waals surface area contributed by atoms with Crippen molar-refractivity contribution >= 4 is 122 Å². The predicted octanol–water partition coefficient (Wildman–Crippen LogP) is -3.50. The van der Waals surface area contributed by atoms with Crippen molar-refractivity contribution in [3.8, 4) is 0 Å². The van der Waals surface area contributed by atoms with E-state index in [0.29, 0.717) is 5.56 Å². The van der Waals surface area contributed by atoms with E-state index in [1.165, 1.54) is 83.4 Å². The number of rotatable bonds is 48. The number of ether oxygens (including phenoxy) is 14. The Balaban J connectivity index is 0.742. The van der Waals surface area contributed by atoms with Crippen molar-refractivity contribution in [2.45, 2.75) is 189 Å². The molecule has 768 valence electrons. The molecule has 0 radical (unpaired) electrons. The van der Waals surface area contributed by atoms with Crippen molar-refractivity contribution in [1.82, 2.24) is 77.2 Å². The number of anilines is 3. The van der Waals surface area contributed by atoms with Crippen LogP contribution in [0.25, 0.3) is 22.3 Å². The number of nitrogens with one attached hydrogen (secondary N) is 3. The van der Waals surface area contributed by atoms with Crippen LogP contribution in [0.5, 0.6) is 0 Å². The number of phosphoric ester groups is 1. The summed E-state index contributed by atoms with van der Waals surface area (Å²) >= 11 is 22.2. The number of fused-ring (bicyclic) bond motifs is 2. The number of aryl methyl sites for hydroxylation is 4. The van der Waals surface area contributed by atoms with Gasteiger partial charge in [0.05, 0.1) is 117 Å². The standard InChI is InChI=1S/C73H104N19O38P5S4/c1-10-38-39(19-46(120-38)87-22-35(3)63(94)84-71(87)98)126-132(103,136)116-25-41-40(20-47(121-41)88-23-36(4)64(95)85-72(88)99)127-133(104,137)118-28-44-51(55(112-16-12-108-7)67(123-44)90-24-37(5)65(96)86-73(90)100)128-131(101,102)115-27-43-52(56(113-17-13-109-8)68(124-43)91-32-81-48-59(75)77-30-79-61(48)91)129-135(106,139)119-29-45-53(57(114-18-14-110-9)69(125-45)92-33-82-49-60(76)78-31-80-62(49)92)130-134(105,138)117-26-42-50(93)54(111-15-11-107-6)66(122-42)89-21-34(2)58(74)83-70(89)97/h21-24,30-33,38-47,50-57,66-69,93H,10-20,25-29H2,1-9H3,(H,101,102)(H,103,136)(H,104,137)(H,105,138)(H,106,139)(H2,74,83,97)(H2,75,77,79)(H2,76,78,80)(H,84,94,98)(H,85,95,99)(H,86,96,100)/p-5/t38-,39-,40-,41-,42-,43-,44-,45-,46-,47-,50+,51+,52+,53+,54?,55?,56?,57?,66-,67-,68-,69-,132?,133?,134?,135?/m1/s1. The van der Waals surface area contributed by atoms with Crippen LogP contribution in [-0.2, 0) is 168 Å². The average Bonchev–Trinajstić information content (AvgIpc) is 1.61. The molecule has 0 saturated carbocycles. The molecule has 27 atom stereocenters. The van der Waals surface area contributed by atoms with Gasteiger partial charge in [0, 0.05) is 88.3 Å². The molecule has 0 spiro atoms. The second-order valence-corrected chi connectivity index (χ2v) is 44.2. The van der Waals surface area contributed by atoms with Gasteiger partial charge in [-0.15, -0.1) is 0 Å². The van der Waals surface area contributed by atoms with Crippen LogP contribution in [0.15, 0.2) is 83.7 Å². The van der Waals surface area contributed by atoms with E-state index in [0.717, 1.165) is 43.3 Å². The largest absolute Gasteiger partial charge is 0.780 e. The van der Waals surface area contributed by atoms with Crippen LogP contribution in [0, 0.1) is 27.7 Å². The minimum atomic E-state index is -6.13. The Morgan fingerprint density at radius 2 is 0.799 bits per heavy atom. The number of aromatic nitrogens is 16. The van der Waals surface area contributed by atoms with Crippen LogP contribution >= 0.6 is 34.8 Å². The number of phosphoric acid groups is 1. The van der Waals surface area contributed by atoms with Gasteiger partial charge in [0.15, 0.2) is 54.6 Å². The molecule has 0 aromatic carbocycles. The molecule has 8 aromatic rings. The van der Waals surface area contributed by atoms with Crippen molar-refractivity contribution < 1.29 is 145 Å². The number of nitrogen functional groups attached to an aromatic ring is 3. The van der Waals surface area contributed by atoms with Gasteiger partial charge in [-0.25, -0.2) is 49.1 Å². The molecule has 9 unspecified atom stereocenters. The molecule has 10 N–H and O–H groups in total. The molecule has 14 rings (SSSR count). The average molecular weight is 2130 g/mol. The summed E-state index contributed by atoms with van der Waals surface area (Å²) in [6.45, 7) is -19.2. The summed E-state index contributed by atoms with van der Waals surface area (Å²) in [5.74, 6) is -0.274. The highest BCUT2D eigenvalue weighted by molar-refractivity contribution is 8.32. The van der Waals surface area contributed by atoms with E-state index in [1.54, 1.807) is 13.8 Å². The molecule has 6 saturated heterocycles. The smallest absolute Gasteiger partial charge is 0.351 e. The number of hydrogen-bond donors (Lipinski definition) is 7. The molecule has 14 heterocycles. The van der Waals surface area contributed by atoms with Gasteiger partial charge in [0.25, 0.3) is 24.5 Å². The molecule has 8 aromatic heterocycles. The van der Waals surface area contributed by atoms with Gasteiger partial charge in [-0.05, 0) is 34.1 Å². The number of hydrogen-bond acceptors (Lipinski definition) is 52. The summed E-state index contributed by atoms with van der Waals surface area (Å²) in [7, 11) is -0.729. The van der Waals surface area contributed by atoms with Crippen LogP contribution in [0.4, 0.5) is 17.5 Å². The fourth-order valence-corrected chi connectivity index (χ4v) is 22.6. The monoisotopic (exact) mass is 2130 g/mol. The van der Waals surface area contributed by atoms with E-state index in [9.17, 15) is 48.1 Å². The van der Waals surface area contributed by atoms with Gasteiger partial charge in [0.2, 0.25) is 0 Å². The van der Waals surface area contributed by atoms with Crippen LogP contribution in [-0.4, -0.2) is 294 Å². The fraction of sp³-hybridized carbons (Fsp3) is 0.644. The van der Waals surface area contributed by atoms with Gasteiger partial charge < -0.3 is 166 Å². The number of aliphatic hydroxyl groups excluding tert-OH is 1. The summed E-state index contributed by atoms with van der Waals surface area (Å²) < 4.78 is 181.